The highest BCUT2D eigenvalue weighted by molar-refractivity contribution is 6.33. The Morgan fingerprint density at radius 3 is 2.55 bits per heavy atom. The average molecular weight is 319 g/mol. The Hall–Kier alpha value is -2.20. The Morgan fingerprint density at radius 2 is 1.86 bits per heavy atom. The lowest BCUT2D eigenvalue weighted by atomic mass is 10.3. The minimum atomic E-state index is -0.137. The maximum absolute atomic E-state index is 11.9. The van der Waals surface area contributed by atoms with Crippen LogP contribution in [0.1, 0.15) is 13.3 Å². The molecule has 0 bridgehead atoms. The zero-order valence-corrected chi connectivity index (χ0v) is 13.2. The number of halogens is 1. The van der Waals surface area contributed by atoms with Crippen molar-refractivity contribution in [3.63, 3.8) is 0 Å². The molecule has 0 aliphatic heterocycles. The number of amides is 1. The van der Waals surface area contributed by atoms with Crippen LogP contribution in [-0.4, -0.2) is 19.1 Å². The van der Waals surface area contributed by atoms with Crippen molar-refractivity contribution >= 4 is 28.9 Å². The van der Waals surface area contributed by atoms with Crippen LogP contribution < -0.4 is 15.4 Å². The van der Waals surface area contributed by atoms with Crippen LogP contribution in [-0.2, 0) is 4.79 Å². The molecule has 116 valence electrons. The molecule has 0 saturated carbocycles. The fourth-order valence-corrected chi connectivity index (χ4v) is 2.04. The number of hydrogen-bond acceptors (Lipinski definition) is 3. The number of anilines is 2. The van der Waals surface area contributed by atoms with Crippen molar-refractivity contribution in [1.82, 2.24) is 0 Å². The molecule has 0 unspecified atom stereocenters. The third-order valence-electron chi connectivity index (χ3n) is 2.92. The van der Waals surface area contributed by atoms with E-state index in [-0.39, 0.29) is 12.5 Å². The van der Waals surface area contributed by atoms with Crippen molar-refractivity contribution in [2.75, 3.05) is 23.8 Å². The second kappa shape index (κ2) is 8.29. The Kier molecular flexibility index (Phi) is 6.10. The maximum Gasteiger partial charge on any atom is 0.243 e. The molecule has 0 atom stereocenters. The summed E-state index contributed by atoms with van der Waals surface area (Å²) in [5, 5.41) is 6.41. The van der Waals surface area contributed by atoms with Gasteiger partial charge in [-0.2, -0.15) is 0 Å². The summed E-state index contributed by atoms with van der Waals surface area (Å²) in [6, 6.07) is 14.6. The molecule has 2 rings (SSSR count). The van der Waals surface area contributed by atoms with Crippen LogP contribution in [0, 0.1) is 0 Å². The molecular formula is C17H19ClN2O2. The number of nitrogens with one attached hydrogen (secondary N) is 2. The minimum absolute atomic E-state index is 0.137. The van der Waals surface area contributed by atoms with Gasteiger partial charge in [-0.3, -0.25) is 4.79 Å². The number of benzene rings is 2. The van der Waals surface area contributed by atoms with Gasteiger partial charge in [0.1, 0.15) is 5.75 Å². The molecule has 0 heterocycles. The summed E-state index contributed by atoms with van der Waals surface area (Å²) in [5.74, 6) is 0.663. The molecule has 1 amide bonds. The second-order valence-electron chi connectivity index (χ2n) is 4.75. The molecule has 2 aromatic rings. The van der Waals surface area contributed by atoms with Gasteiger partial charge in [0, 0.05) is 5.69 Å². The molecule has 0 spiro atoms. The third kappa shape index (κ3) is 4.97. The van der Waals surface area contributed by atoms with Gasteiger partial charge in [0.15, 0.2) is 0 Å². The highest BCUT2D eigenvalue weighted by atomic mass is 35.5. The summed E-state index contributed by atoms with van der Waals surface area (Å²) in [5.41, 5.74) is 1.47. The summed E-state index contributed by atoms with van der Waals surface area (Å²) in [4.78, 5) is 11.9. The number of ether oxygens (including phenoxy) is 1. The molecule has 2 aromatic carbocycles. The van der Waals surface area contributed by atoms with E-state index in [1.807, 2.05) is 42.5 Å². The predicted molar refractivity (Wildman–Crippen MR) is 90.8 cm³/mol. The van der Waals surface area contributed by atoms with Gasteiger partial charge in [-0.25, -0.2) is 0 Å². The van der Waals surface area contributed by atoms with Crippen molar-refractivity contribution < 1.29 is 9.53 Å². The predicted octanol–water partition coefficient (Wildman–Crippen LogP) is 4.18. The number of carbonyl (C=O) groups excluding carboxylic acids is 1. The van der Waals surface area contributed by atoms with E-state index < -0.39 is 0 Å². The minimum Gasteiger partial charge on any atom is -0.494 e. The van der Waals surface area contributed by atoms with Gasteiger partial charge in [-0.1, -0.05) is 30.7 Å². The lowest BCUT2D eigenvalue weighted by Gasteiger charge is -2.10. The van der Waals surface area contributed by atoms with Crippen LogP contribution in [0.4, 0.5) is 11.4 Å². The molecule has 0 fully saturated rings. The summed E-state index contributed by atoms with van der Waals surface area (Å²) in [6.07, 6.45) is 0.964. The zero-order valence-electron chi connectivity index (χ0n) is 12.4. The molecule has 22 heavy (non-hydrogen) atoms. The topological polar surface area (TPSA) is 50.4 Å². The highest BCUT2D eigenvalue weighted by Gasteiger charge is 2.04. The Bertz CT molecular complexity index is 614. The van der Waals surface area contributed by atoms with Crippen LogP contribution in [0.3, 0.4) is 0 Å². The van der Waals surface area contributed by atoms with Gasteiger partial charge in [0.05, 0.1) is 23.9 Å². The van der Waals surface area contributed by atoms with Gasteiger partial charge < -0.3 is 15.4 Å². The standard InChI is InChI=1S/C17H19ClN2O2/c1-2-11-22-14-9-7-13(8-10-14)20-17(21)12-19-16-6-4-3-5-15(16)18/h3-10,19H,2,11-12H2,1H3,(H,20,21). The Labute approximate surface area is 135 Å². The van der Waals surface area contributed by atoms with E-state index in [2.05, 4.69) is 17.6 Å². The van der Waals surface area contributed by atoms with E-state index in [1.165, 1.54) is 0 Å². The fourth-order valence-electron chi connectivity index (χ4n) is 1.84. The third-order valence-corrected chi connectivity index (χ3v) is 3.25. The molecule has 5 heteroatoms. The molecule has 0 aliphatic carbocycles. The van der Waals surface area contributed by atoms with Gasteiger partial charge in [0.25, 0.3) is 0 Å². The molecule has 4 nitrogen and oxygen atoms in total. The normalized spacial score (nSPS) is 10.1. The van der Waals surface area contributed by atoms with E-state index in [0.717, 1.165) is 23.5 Å². The molecular weight excluding hydrogens is 300 g/mol. The van der Waals surface area contributed by atoms with Crippen molar-refractivity contribution in [1.29, 1.82) is 0 Å². The highest BCUT2D eigenvalue weighted by Crippen LogP contribution is 2.20. The van der Waals surface area contributed by atoms with Crippen LogP contribution in [0.2, 0.25) is 5.02 Å². The molecule has 0 radical (unpaired) electrons. The lowest BCUT2D eigenvalue weighted by Crippen LogP contribution is -2.21. The monoisotopic (exact) mass is 318 g/mol. The van der Waals surface area contributed by atoms with Crippen molar-refractivity contribution in [3.8, 4) is 5.75 Å². The number of carbonyl (C=O) groups is 1. The largest absolute Gasteiger partial charge is 0.494 e. The second-order valence-corrected chi connectivity index (χ2v) is 5.16. The number of hydrogen-bond donors (Lipinski definition) is 2. The van der Waals surface area contributed by atoms with Crippen LogP contribution >= 0.6 is 11.6 Å². The first-order valence-electron chi connectivity index (χ1n) is 7.20. The first-order chi connectivity index (χ1) is 10.7. The zero-order chi connectivity index (χ0) is 15.8. The molecule has 0 saturated heterocycles. The lowest BCUT2D eigenvalue weighted by molar-refractivity contribution is -0.114. The van der Waals surface area contributed by atoms with Gasteiger partial charge in [-0.05, 0) is 42.8 Å². The molecule has 0 aromatic heterocycles. The van der Waals surface area contributed by atoms with Gasteiger partial charge in [0.2, 0.25) is 5.91 Å². The Balaban J connectivity index is 1.83. The van der Waals surface area contributed by atoms with E-state index in [9.17, 15) is 4.79 Å². The summed E-state index contributed by atoms with van der Waals surface area (Å²) < 4.78 is 5.49. The summed E-state index contributed by atoms with van der Waals surface area (Å²) >= 11 is 6.02. The van der Waals surface area contributed by atoms with Crippen molar-refractivity contribution in [3.05, 3.63) is 53.6 Å². The van der Waals surface area contributed by atoms with Crippen LogP contribution in [0.15, 0.2) is 48.5 Å². The van der Waals surface area contributed by atoms with E-state index in [4.69, 9.17) is 16.3 Å². The van der Waals surface area contributed by atoms with E-state index in [1.54, 1.807) is 6.07 Å². The first-order valence-corrected chi connectivity index (χ1v) is 7.58. The SMILES string of the molecule is CCCOc1ccc(NC(=O)CNc2ccccc2Cl)cc1. The van der Waals surface area contributed by atoms with Crippen LogP contribution in [0.25, 0.3) is 0 Å². The van der Waals surface area contributed by atoms with E-state index in [0.29, 0.717) is 11.6 Å². The van der Waals surface area contributed by atoms with Crippen LogP contribution in [0.5, 0.6) is 5.75 Å². The fraction of sp³-hybridized carbons (Fsp3) is 0.235. The quantitative estimate of drug-likeness (QED) is 0.805. The van der Waals surface area contributed by atoms with Crippen molar-refractivity contribution in [2.24, 2.45) is 0 Å². The first kappa shape index (κ1) is 16.2. The van der Waals surface area contributed by atoms with Gasteiger partial charge in [-0.15, -0.1) is 0 Å². The van der Waals surface area contributed by atoms with E-state index >= 15 is 0 Å². The van der Waals surface area contributed by atoms with Gasteiger partial charge >= 0.3 is 0 Å². The average Bonchev–Trinajstić information content (AvgIpc) is 2.53. The smallest absolute Gasteiger partial charge is 0.243 e. The molecule has 0 aliphatic rings. The summed E-state index contributed by atoms with van der Waals surface area (Å²) in [6.45, 7) is 2.89. The Morgan fingerprint density at radius 1 is 1.14 bits per heavy atom. The number of rotatable bonds is 7. The molecule has 2 N–H and O–H groups in total. The van der Waals surface area contributed by atoms with Crippen molar-refractivity contribution in [2.45, 2.75) is 13.3 Å². The summed E-state index contributed by atoms with van der Waals surface area (Å²) in [7, 11) is 0. The maximum atomic E-state index is 11.9. The number of para-hydroxylation sites is 1.